The highest BCUT2D eigenvalue weighted by Crippen LogP contribution is 2.27. The molecule has 0 aliphatic heterocycles. The van der Waals surface area contributed by atoms with E-state index in [9.17, 15) is 9.90 Å². The van der Waals surface area contributed by atoms with Crippen molar-refractivity contribution in [2.24, 2.45) is 10.8 Å². The van der Waals surface area contributed by atoms with Crippen LogP contribution in [0.4, 0.5) is 0 Å². The van der Waals surface area contributed by atoms with Gasteiger partial charge in [-0.05, 0) is 41.8 Å². The average Bonchev–Trinajstić information content (AvgIpc) is 2.49. The van der Waals surface area contributed by atoms with E-state index in [-0.39, 0.29) is 11.2 Å². The van der Waals surface area contributed by atoms with E-state index >= 15 is 0 Å². The lowest BCUT2D eigenvalue weighted by atomic mass is 9.84. The lowest BCUT2D eigenvalue weighted by Gasteiger charge is -2.31. The molecule has 0 spiro atoms. The summed E-state index contributed by atoms with van der Waals surface area (Å²) in [5, 5.41) is 10.6. The van der Waals surface area contributed by atoms with Gasteiger partial charge in [0.15, 0.2) is 5.78 Å². The molecule has 24 heavy (non-hydrogen) atoms. The van der Waals surface area contributed by atoms with Gasteiger partial charge in [0, 0.05) is 5.41 Å². The van der Waals surface area contributed by atoms with Crippen LogP contribution in [0.1, 0.15) is 41.5 Å². The molecule has 1 aromatic rings. The van der Waals surface area contributed by atoms with Gasteiger partial charge in [0.1, 0.15) is 17.6 Å². The maximum absolute atomic E-state index is 12.1. The van der Waals surface area contributed by atoms with Crippen LogP contribution in [-0.2, 0) is 4.79 Å². The topological polar surface area (TPSA) is 55.8 Å². The van der Waals surface area contributed by atoms with Crippen LogP contribution >= 0.6 is 0 Å². The van der Waals surface area contributed by atoms with Crippen LogP contribution in [0.3, 0.4) is 0 Å². The molecular weight excluding hydrogens is 304 g/mol. The summed E-state index contributed by atoms with van der Waals surface area (Å²) < 4.78 is 11.0. The van der Waals surface area contributed by atoms with Crippen molar-refractivity contribution in [3.05, 3.63) is 36.4 Å². The number of carbonyl (C=O) groups excluding carboxylic acids is 1. The molecular formula is C20H30O4. The third-order valence-corrected chi connectivity index (χ3v) is 3.71. The summed E-state index contributed by atoms with van der Waals surface area (Å²) in [7, 11) is 1.60. The molecule has 0 saturated carbocycles. The molecule has 0 unspecified atom stereocenters. The zero-order valence-corrected chi connectivity index (χ0v) is 15.8. The minimum Gasteiger partial charge on any atom is -0.497 e. The zero-order chi connectivity index (χ0) is 18.5. The maximum atomic E-state index is 12.1. The number of hydrogen-bond acceptors (Lipinski definition) is 4. The van der Waals surface area contributed by atoms with Crippen LogP contribution in [0.2, 0.25) is 0 Å². The van der Waals surface area contributed by atoms with Crippen LogP contribution < -0.4 is 9.47 Å². The molecule has 1 aromatic carbocycles. The van der Waals surface area contributed by atoms with Crippen molar-refractivity contribution in [2.45, 2.75) is 53.8 Å². The summed E-state index contributed by atoms with van der Waals surface area (Å²) in [6.07, 6.45) is 1.77. The first-order valence-corrected chi connectivity index (χ1v) is 8.16. The quantitative estimate of drug-likeness (QED) is 0.798. The second kappa shape index (κ2) is 7.84. The SMILES string of the molecule is COc1ccc(O[C@@H](/C=C/C(=O)C(C)(C)C)[C@H](O)C(C)(C)C)cc1. The summed E-state index contributed by atoms with van der Waals surface area (Å²) in [6, 6.07) is 7.14. The van der Waals surface area contributed by atoms with E-state index in [1.165, 1.54) is 6.08 Å². The Morgan fingerprint density at radius 2 is 1.54 bits per heavy atom. The van der Waals surface area contributed by atoms with Crippen molar-refractivity contribution >= 4 is 5.78 Å². The van der Waals surface area contributed by atoms with E-state index in [2.05, 4.69) is 0 Å². The first kappa shape index (κ1) is 20.2. The van der Waals surface area contributed by atoms with Gasteiger partial charge in [-0.15, -0.1) is 0 Å². The Hall–Kier alpha value is -1.81. The van der Waals surface area contributed by atoms with Crippen LogP contribution in [-0.4, -0.2) is 30.2 Å². The lowest BCUT2D eigenvalue weighted by Crippen LogP contribution is -2.40. The molecule has 0 aliphatic carbocycles. The Bertz CT molecular complexity index is 559. The van der Waals surface area contributed by atoms with Crippen molar-refractivity contribution in [1.29, 1.82) is 0 Å². The molecule has 0 aliphatic rings. The number of benzene rings is 1. The normalized spacial score (nSPS) is 15.2. The summed E-state index contributed by atoms with van der Waals surface area (Å²) in [5.41, 5.74) is -0.847. The fourth-order valence-corrected chi connectivity index (χ4v) is 1.95. The van der Waals surface area contributed by atoms with Gasteiger partial charge in [0.25, 0.3) is 0 Å². The number of hydrogen-bond donors (Lipinski definition) is 1. The van der Waals surface area contributed by atoms with Crippen molar-refractivity contribution < 1.29 is 19.4 Å². The Balaban J connectivity index is 3.00. The molecule has 0 fully saturated rings. The van der Waals surface area contributed by atoms with E-state index < -0.39 is 17.6 Å². The molecule has 1 N–H and O–H groups in total. The highest BCUT2D eigenvalue weighted by molar-refractivity contribution is 5.93. The summed E-state index contributed by atoms with van der Waals surface area (Å²) in [6.45, 7) is 11.4. The number of rotatable bonds is 6. The molecule has 2 atom stereocenters. The Morgan fingerprint density at radius 1 is 1.04 bits per heavy atom. The molecule has 1 rings (SSSR count). The van der Waals surface area contributed by atoms with Gasteiger partial charge in [-0.25, -0.2) is 0 Å². The Morgan fingerprint density at radius 3 is 1.96 bits per heavy atom. The number of aliphatic hydroxyl groups excluding tert-OH is 1. The molecule has 4 nitrogen and oxygen atoms in total. The number of ketones is 1. The standard InChI is InChI=1S/C20H30O4/c1-19(2,3)17(21)13-12-16(18(22)20(4,5)6)24-15-10-8-14(23-7)9-11-15/h8-13,16,18,22H,1-7H3/b13-12+/t16-,18-/m0/s1. The van der Waals surface area contributed by atoms with E-state index in [4.69, 9.17) is 9.47 Å². The van der Waals surface area contributed by atoms with Crippen LogP contribution in [0.5, 0.6) is 11.5 Å². The van der Waals surface area contributed by atoms with E-state index in [1.54, 1.807) is 37.5 Å². The van der Waals surface area contributed by atoms with Gasteiger partial charge in [-0.1, -0.05) is 41.5 Å². The number of aliphatic hydroxyl groups is 1. The maximum Gasteiger partial charge on any atom is 0.160 e. The van der Waals surface area contributed by atoms with Gasteiger partial charge < -0.3 is 14.6 Å². The molecule has 0 amide bonds. The summed E-state index contributed by atoms with van der Waals surface area (Å²) in [5.74, 6) is 1.33. The molecule has 134 valence electrons. The first-order valence-electron chi connectivity index (χ1n) is 8.16. The van der Waals surface area contributed by atoms with E-state index in [0.717, 1.165) is 5.75 Å². The van der Waals surface area contributed by atoms with Crippen LogP contribution in [0.25, 0.3) is 0 Å². The Labute approximate surface area is 145 Å². The molecule has 0 bridgehead atoms. The van der Waals surface area contributed by atoms with Gasteiger partial charge in [0.05, 0.1) is 13.2 Å². The number of methoxy groups -OCH3 is 1. The van der Waals surface area contributed by atoms with Crippen LogP contribution in [0.15, 0.2) is 36.4 Å². The second-order valence-electron chi connectivity index (χ2n) is 8.04. The van der Waals surface area contributed by atoms with Crippen molar-refractivity contribution in [3.8, 4) is 11.5 Å². The van der Waals surface area contributed by atoms with Gasteiger partial charge >= 0.3 is 0 Å². The fraction of sp³-hybridized carbons (Fsp3) is 0.550. The van der Waals surface area contributed by atoms with Crippen molar-refractivity contribution in [2.75, 3.05) is 7.11 Å². The second-order valence-corrected chi connectivity index (χ2v) is 8.04. The Kier molecular flexibility index (Phi) is 6.61. The molecule has 0 saturated heterocycles. The number of ether oxygens (including phenoxy) is 2. The summed E-state index contributed by atoms with van der Waals surface area (Å²) in [4.78, 5) is 12.1. The highest BCUT2D eigenvalue weighted by atomic mass is 16.5. The predicted molar refractivity (Wildman–Crippen MR) is 96.5 cm³/mol. The molecule has 4 heteroatoms. The fourth-order valence-electron chi connectivity index (χ4n) is 1.95. The first-order chi connectivity index (χ1) is 10.9. The minimum atomic E-state index is -0.761. The average molecular weight is 334 g/mol. The monoisotopic (exact) mass is 334 g/mol. The van der Waals surface area contributed by atoms with E-state index in [1.807, 2.05) is 41.5 Å². The largest absolute Gasteiger partial charge is 0.497 e. The van der Waals surface area contributed by atoms with Crippen LogP contribution in [0, 0.1) is 10.8 Å². The number of carbonyl (C=O) groups is 1. The minimum absolute atomic E-state index is 0.00746. The lowest BCUT2D eigenvalue weighted by molar-refractivity contribution is -0.121. The summed E-state index contributed by atoms with van der Waals surface area (Å²) >= 11 is 0. The predicted octanol–water partition coefficient (Wildman–Crippen LogP) is 4.02. The smallest absolute Gasteiger partial charge is 0.160 e. The highest BCUT2D eigenvalue weighted by Gasteiger charge is 2.31. The molecule has 0 radical (unpaired) electrons. The molecule has 0 aromatic heterocycles. The van der Waals surface area contributed by atoms with Gasteiger partial charge in [-0.2, -0.15) is 0 Å². The van der Waals surface area contributed by atoms with E-state index in [0.29, 0.717) is 5.75 Å². The van der Waals surface area contributed by atoms with Crippen molar-refractivity contribution in [3.63, 3.8) is 0 Å². The number of allylic oxidation sites excluding steroid dienone is 1. The zero-order valence-electron chi connectivity index (χ0n) is 15.8. The van der Waals surface area contributed by atoms with Gasteiger partial charge in [0.2, 0.25) is 0 Å². The van der Waals surface area contributed by atoms with Gasteiger partial charge in [-0.3, -0.25) is 4.79 Å². The third-order valence-electron chi connectivity index (χ3n) is 3.71. The third kappa shape index (κ3) is 6.00. The van der Waals surface area contributed by atoms with Crippen molar-refractivity contribution in [1.82, 2.24) is 0 Å². The molecule has 0 heterocycles.